The van der Waals surface area contributed by atoms with Crippen LogP contribution in [-0.4, -0.2) is 23.1 Å². The standard InChI is InChI=1S/C14H10ClF3O5S2/c1-24(19,20)9-6-7-11(15)13(8-9)25(21,22)23-12-5-3-2-4-10(12)14(16,17)18/h2-8H,1H3. The highest BCUT2D eigenvalue weighted by Gasteiger charge is 2.36. The van der Waals surface area contributed by atoms with Gasteiger partial charge in [-0.25, -0.2) is 8.42 Å². The van der Waals surface area contributed by atoms with Crippen molar-refractivity contribution in [2.24, 2.45) is 0 Å². The van der Waals surface area contributed by atoms with E-state index >= 15 is 0 Å². The monoisotopic (exact) mass is 414 g/mol. The van der Waals surface area contributed by atoms with Gasteiger partial charge in [-0.3, -0.25) is 0 Å². The van der Waals surface area contributed by atoms with Crippen molar-refractivity contribution in [3.8, 4) is 5.75 Å². The van der Waals surface area contributed by atoms with Gasteiger partial charge in [0.15, 0.2) is 15.6 Å². The molecule has 2 aromatic rings. The zero-order chi connectivity index (χ0) is 19.0. The second-order valence-electron chi connectivity index (χ2n) is 4.90. The minimum absolute atomic E-state index is 0.372. The first-order chi connectivity index (χ1) is 11.3. The molecule has 0 bridgehead atoms. The fourth-order valence-electron chi connectivity index (χ4n) is 1.84. The molecule has 0 atom stereocenters. The Hall–Kier alpha value is -1.78. The van der Waals surface area contributed by atoms with E-state index < -0.39 is 47.4 Å². The maximum atomic E-state index is 12.9. The van der Waals surface area contributed by atoms with Gasteiger partial charge in [-0.05, 0) is 30.3 Å². The van der Waals surface area contributed by atoms with Crippen LogP contribution in [0.4, 0.5) is 13.2 Å². The summed E-state index contributed by atoms with van der Waals surface area (Å²) >= 11 is 5.75. The third-order valence-corrected chi connectivity index (χ3v) is 5.82. The molecule has 0 radical (unpaired) electrons. The van der Waals surface area contributed by atoms with Crippen molar-refractivity contribution in [1.29, 1.82) is 0 Å². The summed E-state index contributed by atoms with van der Waals surface area (Å²) in [6, 6.07) is 6.51. The molecule has 0 saturated heterocycles. The summed E-state index contributed by atoms with van der Waals surface area (Å²) in [5.74, 6) is -0.948. The topological polar surface area (TPSA) is 77.5 Å². The molecular formula is C14H10ClF3O5S2. The van der Waals surface area contributed by atoms with Crippen LogP contribution in [0, 0.1) is 0 Å². The number of para-hydroxylation sites is 1. The lowest BCUT2D eigenvalue weighted by atomic mass is 10.2. The van der Waals surface area contributed by atoms with Crippen LogP contribution in [0.2, 0.25) is 5.02 Å². The minimum atomic E-state index is -4.84. The van der Waals surface area contributed by atoms with Gasteiger partial charge in [0.05, 0.1) is 15.5 Å². The summed E-state index contributed by atoms with van der Waals surface area (Å²) in [7, 11) is -8.57. The van der Waals surface area contributed by atoms with Crippen molar-refractivity contribution in [3.05, 3.63) is 53.1 Å². The summed E-state index contributed by atoms with van der Waals surface area (Å²) in [5.41, 5.74) is -1.30. The predicted molar refractivity (Wildman–Crippen MR) is 83.8 cm³/mol. The van der Waals surface area contributed by atoms with Crippen molar-refractivity contribution in [2.45, 2.75) is 16.0 Å². The smallest absolute Gasteiger partial charge is 0.378 e. The summed E-state index contributed by atoms with van der Waals surface area (Å²) in [6.07, 6.45) is -4.00. The second kappa shape index (κ2) is 6.50. The Labute approximate surface area is 147 Å². The number of sulfone groups is 1. The van der Waals surface area contributed by atoms with Crippen LogP contribution in [-0.2, 0) is 26.1 Å². The van der Waals surface area contributed by atoms with E-state index in [9.17, 15) is 30.0 Å². The van der Waals surface area contributed by atoms with E-state index in [0.717, 1.165) is 42.7 Å². The van der Waals surface area contributed by atoms with Crippen molar-refractivity contribution in [3.63, 3.8) is 0 Å². The SMILES string of the molecule is CS(=O)(=O)c1ccc(Cl)c(S(=O)(=O)Oc2ccccc2C(F)(F)F)c1. The van der Waals surface area contributed by atoms with E-state index in [1.807, 2.05) is 0 Å². The van der Waals surface area contributed by atoms with E-state index in [-0.39, 0.29) is 4.90 Å². The highest BCUT2D eigenvalue weighted by Crippen LogP contribution is 2.37. The number of alkyl halides is 3. The van der Waals surface area contributed by atoms with Gasteiger partial charge in [-0.15, -0.1) is 0 Å². The Kier molecular flexibility index (Phi) is 5.08. The predicted octanol–water partition coefficient (Wildman–Crippen LogP) is 3.53. The molecule has 0 unspecified atom stereocenters. The molecular weight excluding hydrogens is 405 g/mol. The molecule has 136 valence electrons. The molecule has 0 spiro atoms. The molecule has 0 fully saturated rings. The molecule has 0 N–H and O–H groups in total. The molecule has 0 heterocycles. The van der Waals surface area contributed by atoms with Crippen LogP contribution >= 0.6 is 11.6 Å². The fraction of sp³-hybridized carbons (Fsp3) is 0.143. The zero-order valence-electron chi connectivity index (χ0n) is 12.4. The average Bonchev–Trinajstić information content (AvgIpc) is 2.45. The second-order valence-corrected chi connectivity index (χ2v) is 8.83. The fourth-order valence-corrected chi connectivity index (χ4v) is 4.01. The summed E-state index contributed by atoms with van der Waals surface area (Å²) < 4.78 is 91.1. The molecule has 5 nitrogen and oxygen atoms in total. The summed E-state index contributed by atoms with van der Waals surface area (Å²) in [4.78, 5) is -1.13. The van der Waals surface area contributed by atoms with Crippen molar-refractivity contribution in [1.82, 2.24) is 0 Å². The van der Waals surface area contributed by atoms with E-state index in [2.05, 4.69) is 4.18 Å². The number of benzene rings is 2. The summed E-state index contributed by atoms with van der Waals surface area (Å²) in [6.45, 7) is 0. The maximum Gasteiger partial charge on any atom is 0.420 e. The van der Waals surface area contributed by atoms with Gasteiger partial charge in [0, 0.05) is 6.26 Å². The van der Waals surface area contributed by atoms with Crippen LogP contribution in [0.3, 0.4) is 0 Å². The van der Waals surface area contributed by atoms with Gasteiger partial charge in [-0.1, -0.05) is 23.7 Å². The zero-order valence-corrected chi connectivity index (χ0v) is 14.8. The van der Waals surface area contributed by atoms with E-state index in [0.29, 0.717) is 6.07 Å². The number of halogens is 4. The Morgan fingerprint density at radius 3 is 2.16 bits per heavy atom. The average molecular weight is 415 g/mol. The number of hydrogen-bond donors (Lipinski definition) is 0. The first kappa shape index (κ1) is 19.5. The number of hydrogen-bond acceptors (Lipinski definition) is 5. The van der Waals surface area contributed by atoms with E-state index in [1.54, 1.807) is 0 Å². The summed E-state index contributed by atoms with van der Waals surface area (Å²) in [5, 5.41) is -0.392. The van der Waals surface area contributed by atoms with Crippen LogP contribution < -0.4 is 4.18 Å². The Balaban J connectivity index is 2.56. The normalized spacial score (nSPS) is 12.8. The molecule has 0 aliphatic heterocycles. The molecule has 2 aromatic carbocycles. The Morgan fingerprint density at radius 2 is 1.60 bits per heavy atom. The van der Waals surface area contributed by atoms with E-state index in [1.165, 1.54) is 0 Å². The molecule has 2 rings (SSSR count). The lowest BCUT2D eigenvalue weighted by Crippen LogP contribution is -2.15. The molecule has 0 aromatic heterocycles. The van der Waals surface area contributed by atoms with E-state index in [4.69, 9.17) is 11.6 Å². The van der Waals surface area contributed by atoms with Gasteiger partial charge in [0.1, 0.15) is 4.90 Å². The van der Waals surface area contributed by atoms with Crippen LogP contribution in [0.1, 0.15) is 5.56 Å². The third-order valence-electron chi connectivity index (χ3n) is 2.99. The molecule has 25 heavy (non-hydrogen) atoms. The van der Waals surface area contributed by atoms with Crippen LogP contribution in [0.25, 0.3) is 0 Å². The van der Waals surface area contributed by atoms with Gasteiger partial charge in [0.25, 0.3) is 0 Å². The Morgan fingerprint density at radius 1 is 1.00 bits per heavy atom. The van der Waals surface area contributed by atoms with Crippen LogP contribution in [0.15, 0.2) is 52.3 Å². The van der Waals surface area contributed by atoms with Gasteiger partial charge in [0.2, 0.25) is 0 Å². The van der Waals surface area contributed by atoms with Crippen molar-refractivity contribution < 1.29 is 34.2 Å². The molecule has 0 aliphatic rings. The largest absolute Gasteiger partial charge is 0.420 e. The molecule has 0 aliphatic carbocycles. The molecule has 0 saturated carbocycles. The van der Waals surface area contributed by atoms with Gasteiger partial charge in [-0.2, -0.15) is 21.6 Å². The van der Waals surface area contributed by atoms with Gasteiger partial charge < -0.3 is 4.18 Å². The molecule has 11 heteroatoms. The highest BCUT2D eigenvalue weighted by atomic mass is 35.5. The first-order valence-corrected chi connectivity index (χ1v) is 10.1. The lowest BCUT2D eigenvalue weighted by molar-refractivity contribution is -0.138. The minimum Gasteiger partial charge on any atom is -0.378 e. The third kappa shape index (κ3) is 4.44. The van der Waals surface area contributed by atoms with Crippen LogP contribution in [0.5, 0.6) is 5.75 Å². The quantitative estimate of drug-likeness (QED) is 0.715. The Bertz CT molecular complexity index is 1020. The first-order valence-electron chi connectivity index (χ1n) is 6.43. The maximum absolute atomic E-state index is 12.9. The molecule has 0 amide bonds. The lowest BCUT2D eigenvalue weighted by Gasteiger charge is -2.14. The van der Waals surface area contributed by atoms with Gasteiger partial charge >= 0.3 is 16.3 Å². The van der Waals surface area contributed by atoms with Crippen molar-refractivity contribution in [2.75, 3.05) is 6.26 Å². The highest BCUT2D eigenvalue weighted by molar-refractivity contribution is 7.90. The number of rotatable bonds is 4. The van der Waals surface area contributed by atoms with Crippen molar-refractivity contribution >= 4 is 31.6 Å².